The first kappa shape index (κ1) is 24.4. The molecule has 2 aromatic rings. The number of aryl methyl sites for hydroxylation is 2. The molecule has 2 aromatic heterocycles. The normalized spacial score (nSPS) is 29.4. The van der Waals surface area contributed by atoms with Crippen LogP contribution in [-0.4, -0.2) is 32.1 Å². The summed E-state index contributed by atoms with van der Waals surface area (Å²) in [6, 6.07) is 8.30. The first-order valence-electron chi connectivity index (χ1n) is 11.2. The first-order valence-corrected chi connectivity index (χ1v) is 11.2. The number of carbonyl (C=O) groups is 2. The van der Waals surface area contributed by atoms with E-state index in [4.69, 9.17) is 0 Å². The Labute approximate surface area is 199 Å². The van der Waals surface area contributed by atoms with E-state index >= 15 is 0 Å². The van der Waals surface area contributed by atoms with Crippen LogP contribution in [0.15, 0.2) is 49.1 Å². The Morgan fingerprint density at radius 3 is 1.50 bits per heavy atom. The number of hydrogen-bond acceptors (Lipinski definition) is 4. The molecule has 0 amide bonds. The van der Waals surface area contributed by atoms with Gasteiger partial charge in [0.05, 0.1) is 10.8 Å². The smallest absolute Gasteiger partial charge is 0.309 e. The number of carboxylic acid groups (broad SMARTS) is 2. The minimum Gasteiger partial charge on any atom is -0.481 e. The summed E-state index contributed by atoms with van der Waals surface area (Å²) in [4.78, 5) is 30.9. The minimum absolute atomic E-state index is 0. The molecule has 7 heteroatoms. The van der Waals surface area contributed by atoms with E-state index in [-0.39, 0.29) is 16.8 Å². The fraction of sp³-hybridized carbons (Fsp3) is 0.520. The number of rotatable bonds is 6. The van der Waals surface area contributed by atoms with Gasteiger partial charge in [-0.05, 0) is 105 Å². The molecular formula is C25H30CoN2O4. The Morgan fingerprint density at radius 2 is 1.16 bits per heavy atom. The number of carboxylic acids is 2. The van der Waals surface area contributed by atoms with Crippen molar-refractivity contribution in [3.63, 3.8) is 0 Å². The molecule has 0 atom stereocenters. The van der Waals surface area contributed by atoms with E-state index in [0.29, 0.717) is 43.9 Å². The van der Waals surface area contributed by atoms with Crippen LogP contribution in [0.25, 0.3) is 0 Å². The van der Waals surface area contributed by atoms with Crippen LogP contribution in [0.2, 0.25) is 0 Å². The molecule has 1 radical (unpaired) electrons. The van der Waals surface area contributed by atoms with E-state index in [1.165, 1.54) is 17.5 Å². The Kier molecular flexibility index (Phi) is 7.72. The van der Waals surface area contributed by atoms with E-state index < -0.39 is 22.8 Å². The van der Waals surface area contributed by atoms with Gasteiger partial charge < -0.3 is 10.2 Å². The SMILES string of the molecule is O=C(O)C12CC3CC(C1)CC(C(=O)O)(C3)C2.[Co].c1cc(CCCc2ccncc2)ccn1. The molecule has 0 spiro atoms. The molecule has 2 N–H and O–H groups in total. The zero-order chi connectivity index (χ0) is 21.9. The molecule has 4 aliphatic carbocycles. The van der Waals surface area contributed by atoms with Crippen LogP contribution in [0.4, 0.5) is 0 Å². The van der Waals surface area contributed by atoms with Crippen molar-refractivity contribution < 1.29 is 36.6 Å². The van der Waals surface area contributed by atoms with Crippen LogP contribution in [0, 0.1) is 22.7 Å². The van der Waals surface area contributed by atoms with Gasteiger partial charge in [-0.25, -0.2) is 0 Å². The quantitative estimate of drug-likeness (QED) is 0.635. The van der Waals surface area contributed by atoms with Crippen LogP contribution >= 0.6 is 0 Å². The van der Waals surface area contributed by atoms with Gasteiger partial charge in [-0.15, -0.1) is 0 Å². The number of nitrogens with zero attached hydrogens (tertiary/aromatic N) is 2. The van der Waals surface area contributed by atoms with Gasteiger partial charge in [0.15, 0.2) is 0 Å². The summed E-state index contributed by atoms with van der Waals surface area (Å²) in [5, 5.41) is 18.8. The van der Waals surface area contributed by atoms with Crippen molar-refractivity contribution >= 4 is 11.9 Å². The summed E-state index contributed by atoms with van der Waals surface area (Å²) in [6.45, 7) is 0. The molecule has 6 nitrogen and oxygen atoms in total. The van der Waals surface area contributed by atoms with Crippen LogP contribution in [0.3, 0.4) is 0 Å². The topological polar surface area (TPSA) is 100 Å². The van der Waals surface area contributed by atoms with Crippen molar-refractivity contribution in [3.8, 4) is 0 Å². The molecule has 0 aromatic carbocycles. The molecule has 0 unspecified atom stereocenters. The second-order valence-electron chi connectivity index (χ2n) is 9.70. The molecule has 4 bridgehead atoms. The van der Waals surface area contributed by atoms with Gasteiger partial charge in [0.25, 0.3) is 0 Å². The van der Waals surface area contributed by atoms with E-state index in [1.54, 1.807) is 0 Å². The second-order valence-corrected chi connectivity index (χ2v) is 9.70. The maximum absolute atomic E-state index is 11.4. The molecule has 0 aliphatic heterocycles. The van der Waals surface area contributed by atoms with Gasteiger partial charge in [0.1, 0.15) is 0 Å². The fourth-order valence-corrected chi connectivity index (χ4v) is 6.36. The number of hydrogen-bond donors (Lipinski definition) is 2. The molecule has 4 saturated carbocycles. The van der Waals surface area contributed by atoms with Crippen LogP contribution in [0.5, 0.6) is 0 Å². The molecule has 32 heavy (non-hydrogen) atoms. The summed E-state index contributed by atoms with van der Waals surface area (Å²) in [5.41, 5.74) is 1.28. The molecule has 4 aliphatic rings. The maximum atomic E-state index is 11.4. The van der Waals surface area contributed by atoms with E-state index in [9.17, 15) is 19.8 Å². The third-order valence-electron chi connectivity index (χ3n) is 7.40. The predicted octanol–water partition coefficient (Wildman–Crippen LogP) is 4.39. The van der Waals surface area contributed by atoms with Gasteiger partial charge >= 0.3 is 11.9 Å². The molecule has 0 saturated heterocycles. The Morgan fingerprint density at radius 1 is 0.781 bits per heavy atom. The van der Waals surface area contributed by atoms with Crippen molar-refractivity contribution in [1.29, 1.82) is 0 Å². The van der Waals surface area contributed by atoms with E-state index in [1.807, 2.05) is 24.8 Å². The average molecular weight is 481 g/mol. The zero-order valence-electron chi connectivity index (χ0n) is 18.1. The summed E-state index contributed by atoms with van der Waals surface area (Å²) in [7, 11) is 0. The molecule has 173 valence electrons. The van der Waals surface area contributed by atoms with Crippen LogP contribution in [0.1, 0.15) is 56.1 Å². The third kappa shape index (κ3) is 5.21. The Balaban J connectivity index is 0.000000176. The third-order valence-corrected chi connectivity index (χ3v) is 7.40. The Bertz CT molecular complexity index is 837. The van der Waals surface area contributed by atoms with Crippen LogP contribution in [-0.2, 0) is 39.2 Å². The van der Waals surface area contributed by atoms with Gasteiger partial charge in [-0.1, -0.05) is 0 Å². The van der Waals surface area contributed by atoms with E-state index in [0.717, 1.165) is 19.3 Å². The molecule has 4 fully saturated rings. The maximum Gasteiger partial charge on any atom is 0.309 e. The summed E-state index contributed by atoms with van der Waals surface area (Å²) < 4.78 is 0. The average Bonchev–Trinajstić information content (AvgIpc) is 2.75. The second kappa shape index (κ2) is 10.1. The van der Waals surface area contributed by atoms with Crippen molar-refractivity contribution in [2.24, 2.45) is 22.7 Å². The van der Waals surface area contributed by atoms with Gasteiger partial charge in [-0.2, -0.15) is 0 Å². The van der Waals surface area contributed by atoms with E-state index in [2.05, 4.69) is 34.2 Å². The van der Waals surface area contributed by atoms with Crippen molar-refractivity contribution in [2.45, 2.75) is 57.8 Å². The summed E-state index contributed by atoms with van der Waals surface area (Å²) >= 11 is 0. The fourth-order valence-electron chi connectivity index (χ4n) is 6.36. The van der Waals surface area contributed by atoms with Gasteiger partial charge in [-0.3, -0.25) is 19.6 Å². The Hall–Kier alpha value is -2.25. The van der Waals surface area contributed by atoms with Crippen LogP contribution < -0.4 is 0 Å². The summed E-state index contributed by atoms with van der Waals surface area (Å²) in [5.74, 6) is -0.888. The molecular weight excluding hydrogens is 451 g/mol. The van der Waals surface area contributed by atoms with Gasteiger partial charge in [0, 0.05) is 41.6 Å². The van der Waals surface area contributed by atoms with Crippen molar-refractivity contribution in [1.82, 2.24) is 9.97 Å². The number of aliphatic carboxylic acids is 2. The molecule has 2 heterocycles. The first-order chi connectivity index (χ1) is 14.9. The molecule has 6 rings (SSSR count). The van der Waals surface area contributed by atoms with Gasteiger partial charge in [0.2, 0.25) is 0 Å². The number of pyridine rings is 2. The predicted molar refractivity (Wildman–Crippen MR) is 115 cm³/mol. The number of aromatic nitrogens is 2. The standard InChI is InChI=1S/C13H14N2.C12H16O4.Co/c1(2-12-4-8-14-9-5-12)3-13-6-10-15-11-7-13;13-9(14)11-2-7-1-8(4-11)5-12(3-7,6-11)10(15)16;/h4-11H,1-3H2;7-8H,1-6H2,(H,13,14)(H,15,16);. The largest absolute Gasteiger partial charge is 0.481 e. The minimum atomic E-state index is -0.771. The monoisotopic (exact) mass is 481 g/mol. The van der Waals surface area contributed by atoms with Crippen molar-refractivity contribution in [3.05, 3.63) is 60.2 Å². The van der Waals surface area contributed by atoms with Crippen molar-refractivity contribution in [2.75, 3.05) is 0 Å². The summed E-state index contributed by atoms with van der Waals surface area (Å²) in [6.07, 6.45) is 15.0. The zero-order valence-corrected chi connectivity index (χ0v) is 19.1.